The third kappa shape index (κ3) is 3.66. The fourth-order valence-electron chi connectivity index (χ4n) is 5.01. The molecule has 0 radical (unpaired) electrons. The largest absolute Gasteiger partial charge is 0.340 e. The number of hydrazine groups is 1. The van der Waals surface area contributed by atoms with Crippen LogP contribution in [0.3, 0.4) is 0 Å². The van der Waals surface area contributed by atoms with Crippen LogP contribution in [0, 0.1) is 0 Å². The van der Waals surface area contributed by atoms with Crippen molar-refractivity contribution in [1.82, 2.24) is 25.1 Å². The highest BCUT2D eigenvalue weighted by atomic mass is 16.2. The van der Waals surface area contributed by atoms with Crippen molar-refractivity contribution in [1.29, 1.82) is 0 Å². The maximum absolute atomic E-state index is 13.8. The van der Waals surface area contributed by atoms with Crippen molar-refractivity contribution in [3.05, 3.63) is 83.9 Å². The first-order valence-corrected chi connectivity index (χ1v) is 11.3. The van der Waals surface area contributed by atoms with E-state index in [4.69, 9.17) is 0 Å². The summed E-state index contributed by atoms with van der Waals surface area (Å²) < 4.78 is 0. The monoisotopic (exact) mass is 457 g/mol. The standard InChI is InChI=1S/C26H27N5O3/c1-27-26(34)28(2)30-17-23(32)31-22(30)16-29(25(33)24(31)19-10-4-3-5-11-19)15-20-13-8-12-18-9-6-7-14-21(18)20/h3-14,22,24H,15-17H2,1-2H3,(H,27,34)/t22-,24+/m1/s1. The Morgan fingerprint density at radius 1 is 1.00 bits per heavy atom. The molecule has 5 rings (SSSR count). The third-order valence-electron chi connectivity index (χ3n) is 6.71. The maximum atomic E-state index is 13.8. The van der Waals surface area contributed by atoms with E-state index in [2.05, 4.69) is 23.5 Å². The molecule has 2 fully saturated rings. The molecule has 0 saturated carbocycles. The Labute approximate surface area is 198 Å². The maximum Gasteiger partial charge on any atom is 0.331 e. The minimum Gasteiger partial charge on any atom is -0.340 e. The number of carbonyl (C=O) groups is 3. The van der Waals surface area contributed by atoms with Crippen molar-refractivity contribution >= 4 is 28.6 Å². The van der Waals surface area contributed by atoms with Crippen LogP contribution in [0.4, 0.5) is 4.79 Å². The summed E-state index contributed by atoms with van der Waals surface area (Å²) in [5.74, 6) is -0.291. The Morgan fingerprint density at radius 3 is 2.47 bits per heavy atom. The van der Waals surface area contributed by atoms with Gasteiger partial charge in [-0.05, 0) is 21.9 Å². The minimum absolute atomic E-state index is 0.0350. The van der Waals surface area contributed by atoms with Crippen molar-refractivity contribution in [2.75, 3.05) is 27.2 Å². The molecule has 2 aliphatic heterocycles. The topological polar surface area (TPSA) is 76.2 Å². The van der Waals surface area contributed by atoms with E-state index in [1.165, 1.54) is 5.01 Å². The molecule has 2 heterocycles. The molecule has 0 aliphatic carbocycles. The molecule has 0 aromatic heterocycles. The van der Waals surface area contributed by atoms with Crippen molar-refractivity contribution < 1.29 is 14.4 Å². The van der Waals surface area contributed by atoms with Crippen LogP contribution in [0.15, 0.2) is 72.8 Å². The van der Waals surface area contributed by atoms with Gasteiger partial charge in [0, 0.05) is 20.6 Å². The molecular weight excluding hydrogens is 430 g/mol. The molecule has 3 aromatic carbocycles. The van der Waals surface area contributed by atoms with Crippen molar-refractivity contribution in [3.63, 3.8) is 0 Å². The van der Waals surface area contributed by atoms with Crippen molar-refractivity contribution in [2.45, 2.75) is 18.8 Å². The predicted molar refractivity (Wildman–Crippen MR) is 128 cm³/mol. The second kappa shape index (κ2) is 8.79. The minimum atomic E-state index is -0.745. The summed E-state index contributed by atoms with van der Waals surface area (Å²) in [7, 11) is 3.19. The van der Waals surface area contributed by atoms with Gasteiger partial charge in [-0.15, -0.1) is 0 Å². The van der Waals surface area contributed by atoms with Crippen LogP contribution in [0.5, 0.6) is 0 Å². The van der Waals surface area contributed by atoms with Crippen LogP contribution < -0.4 is 5.32 Å². The van der Waals surface area contributed by atoms with Gasteiger partial charge in [0.25, 0.3) is 5.91 Å². The van der Waals surface area contributed by atoms with E-state index >= 15 is 0 Å². The van der Waals surface area contributed by atoms with Crippen LogP contribution in [0.1, 0.15) is 17.2 Å². The number of hydrogen-bond donors (Lipinski definition) is 1. The molecule has 174 valence electrons. The summed E-state index contributed by atoms with van der Waals surface area (Å²) in [6.45, 7) is 0.755. The summed E-state index contributed by atoms with van der Waals surface area (Å²) in [6, 6.07) is 22.5. The van der Waals surface area contributed by atoms with Gasteiger partial charge in [-0.1, -0.05) is 72.8 Å². The number of amides is 4. The smallest absolute Gasteiger partial charge is 0.331 e. The van der Waals surface area contributed by atoms with Crippen LogP contribution in [-0.4, -0.2) is 71.0 Å². The van der Waals surface area contributed by atoms with E-state index in [-0.39, 0.29) is 24.4 Å². The van der Waals surface area contributed by atoms with Crippen LogP contribution in [-0.2, 0) is 16.1 Å². The molecule has 1 N–H and O–H groups in total. The molecule has 4 amide bonds. The molecule has 0 spiro atoms. The van der Waals surface area contributed by atoms with Gasteiger partial charge in [0.15, 0.2) is 0 Å². The van der Waals surface area contributed by atoms with Gasteiger partial charge >= 0.3 is 6.03 Å². The first-order chi connectivity index (χ1) is 16.5. The number of urea groups is 1. The van der Waals surface area contributed by atoms with E-state index < -0.39 is 12.2 Å². The third-order valence-corrected chi connectivity index (χ3v) is 6.71. The normalized spacial score (nSPS) is 20.5. The second-order valence-corrected chi connectivity index (χ2v) is 8.63. The quantitative estimate of drug-likeness (QED) is 0.654. The highest BCUT2D eigenvalue weighted by Gasteiger charge is 2.52. The molecule has 34 heavy (non-hydrogen) atoms. The lowest BCUT2D eigenvalue weighted by Gasteiger charge is -2.45. The Kier molecular flexibility index (Phi) is 5.67. The first kappa shape index (κ1) is 21.9. The van der Waals surface area contributed by atoms with E-state index in [9.17, 15) is 14.4 Å². The predicted octanol–water partition coefficient (Wildman–Crippen LogP) is 2.58. The number of piperazine rings is 1. The zero-order valence-corrected chi connectivity index (χ0v) is 19.2. The second-order valence-electron chi connectivity index (χ2n) is 8.63. The lowest BCUT2D eigenvalue weighted by Crippen LogP contribution is -2.62. The summed E-state index contributed by atoms with van der Waals surface area (Å²) in [4.78, 5) is 42.8. The number of hydrogen-bond acceptors (Lipinski definition) is 4. The summed E-state index contributed by atoms with van der Waals surface area (Å²) in [6.07, 6.45) is -0.451. The number of nitrogens with one attached hydrogen (secondary N) is 1. The van der Waals surface area contributed by atoms with Gasteiger partial charge in [-0.2, -0.15) is 5.01 Å². The average Bonchev–Trinajstić information content (AvgIpc) is 3.19. The summed E-state index contributed by atoms with van der Waals surface area (Å²) in [5, 5.41) is 7.98. The lowest BCUT2D eigenvalue weighted by atomic mass is 9.99. The zero-order chi connectivity index (χ0) is 23.8. The van der Waals surface area contributed by atoms with Crippen LogP contribution in [0.2, 0.25) is 0 Å². The van der Waals surface area contributed by atoms with E-state index in [0.717, 1.165) is 21.9 Å². The molecular formula is C26H27N5O3. The fraction of sp³-hybridized carbons (Fsp3) is 0.269. The van der Waals surface area contributed by atoms with E-state index in [1.54, 1.807) is 24.0 Å². The molecule has 8 heteroatoms. The Bertz CT molecular complexity index is 1240. The first-order valence-electron chi connectivity index (χ1n) is 11.3. The lowest BCUT2D eigenvalue weighted by molar-refractivity contribution is -0.157. The number of carbonyl (C=O) groups excluding carboxylic acids is 3. The van der Waals surface area contributed by atoms with Crippen molar-refractivity contribution in [3.8, 4) is 0 Å². The zero-order valence-electron chi connectivity index (χ0n) is 19.2. The molecule has 0 unspecified atom stereocenters. The molecule has 3 aromatic rings. The summed E-state index contributed by atoms with van der Waals surface area (Å²) >= 11 is 0. The van der Waals surface area contributed by atoms with Gasteiger partial charge in [0.05, 0.1) is 13.1 Å². The Hall–Kier alpha value is -3.91. The molecule has 8 nitrogen and oxygen atoms in total. The fourth-order valence-corrected chi connectivity index (χ4v) is 5.01. The highest BCUT2D eigenvalue weighted by molar-refractivity contribution is 5.93. The van der Waals surface area contributed by atoms with Crippen LogP contribution >= 0.6 is 0 Å². The number of benzene rings is 3. The van der Waals surface area contributed by atoms with E-state index in [0.29, 0.717) is 13.1 Å². The van der Waals surface area contributed by atoms with Gasteiger partial charge in [0.1, 0.15) is 12.2 Å². The number of fused-ring (bicyclic) bond motifs is 2. The molecule has 0 bridgehead atoms. The number of rotatable bonds is 4. The van der Waals surface area contributed by atoms with Gasteiger partial charge in [0.2, 0.25) is 5.91 Å². The van der Waals surface area contributed by atoms with Crippen molar-refractivity contribution in [2.24, 2.45) is 0 Å². The SMILES string of the molecule is CNC(=O)N(C)N1CC(=O)N2[C@@H](c3ccccc3)C(=O)N(Cc3cccc4ccccc34)C[C@@H]21. The summed E-state index contributed by atoms with van der Waals surface area (Å²) in [5.41, 5.74) is 1.81. The van der Waals surface area contributed by atoms with Gasteiger partial charge in [-0.3, -0.25) is 14.6 Å². The van der Waals surface area contributed by atoms with Gasteiger partial charge in [-0.25, -0.2) is 4.79 Å². The Balaban J connectivity index is 1.55. The molecule has 2 saturated heterocycles. The van der Waals surface area contributed by atoms with Crippen LogP contribution in [0.25, 0.3) is 10.8 Å². The average molecular weight is 458 g/mol. The van der Waals surface area contributed by atoms with Gasteiger partial charge < -0.3 is 15.1 Å². The van der Waals surface area contributed by atoms with E-state index in [1.807, 2.05) is 59.5 Å². The highest BCUT2D eigenvalue weighted by Crippen LogP contribution is 2.36. The Morgan fingerprint density at radius 2 is 1.71 bits per heavy atom. The molecule has 2 aliphatic rings. The molecule has 2 atom stereocenters. The number of nitrogens with zero attached hydrogens (tertiary/aromatic N) is 4.